The number of amides is 1. The van der Waals surface area contributed by atoms with Crippen molar-refractivity contribution in [2.24, 2.45) is 20.0 Å². The Bertz CT molecular complexity index is 674. The van der Waals surface area contributed by atoms with Crippen molar-refractivity contribution in [2.75, 3.05) is 13.1 Å². The van der Waals surface area contributed by atoms with Crippen LogP contribution in [0.4, 0.5) is 0 Å². The minimum atomic E-state index is -0.344. The van der Waals surface area contributed by atoms with Crippen LogP contribution in [0.2, 0.25) is 0 Å². The summed E-state index contributed by atoms with van der Waals surface area (Å²) in [5.41, 5.74) is -0.102. The Kier molecular flexibility index (Phi) is 4.85. The van der Waals surface area contributed by atoms with Crippen molar-refractivity contribution in [3.05, 3.63) is 32.6 Å². The largest absolute Gasteiger partial charge is 0.353 e. The Morgan fingerprint density at radius 2 is 1.95 bits per heavy atom. The van der Waals surface area contributed by atoms with Gasteiger partial charge in [-0.15, -0.1) is 0 Å². The molecule has 7 nitrogen and oxygen atoms in total. The first-order valence-electron chi connectivity index (χ1n) is 7.58. The molecule has 1 saturated heterocycles. The number of carbonyl (C=O) groups is 1. The van der Waals surface area contributed by atoms with Crippen molar-refractivity contribution in [1.82, 2.24) is 19.4 Å². The summed E-state index contributed by atoms with van der Waals surface area (Å²) in [6.45, 7) is 5.82. The van der Waals surface area contributed by atoms with Gasteiger partial charge in [-0.2, -0.15) is 0 Å². The van der Waals surface area contributed by atoms with Gasteiger partial charge in [-0.1, -0.05) is 13.8 Å². The smallest absolute Gasteiger partial charge is 0.330 e. The van der Waals surface area contributed by atoms with E-state index >= 15 is 0 Å². The fourth-order valence-corrected chi connectivity index (χ4v) is 2.86. The monoisotopic (exact) mass is 308 g/mol. The number of hydrogen-bond acceptors (Lipinski definition) is 4. The van der Waals surface area contributed by atoms with Crippen molar-refractivity contribution < 1.29 is 4.79 Å². The second-order valence-corrected chi connectivity index (χ2v) is 6.32. The predicted molar refractivity (Wildman–Crippen MR) is 83.6 cm³/mol. The Balaban J connectivity index is 2.30. The second kappa shape index (κ2) is 6.48. The molecular formula is C15H24N4O3. The van der Waals surface area contributed by atoms with Crippen molar-refractivity contribution in [1.29, 1.82) is 0 Å². The number of piperazine rings is 1. The van der Waals surface area contributed by atoms with Crippen LogP contribution in [0.1, 0.15) is 25.8 Å². The molecule has 1 aromatic heterocycles. The standard InChI is InChI=1S/C15H24N4O3/c1-10(2)7-12-13(20)16-5-6-19(12)9-11-8-17(3)15(22)18(4)14(11)21/h8,10,12H,5-7,9H2,1-4H3,(H,16,20)/t12-/m0/s1. The highest BCUT2D eigenvalue weighted by Crippen LogP contribution is 2.16. The van der Waals surface area contributed by atoms with Crippen molar-refractivity contribution in [2.45, 2.75) is 32.9 Å². The van der Waals surface area contributed by atoms with Crippen LogP contribution in [-0.2, 0) is 25.4 Å². The highest BCUT2D eigenvalue weighted by atomic mass is 16.2. The number of aromatic nitrogens is 2. The summed E-state index contributed by atoms with van der Waals surface area (Å²) >= 11 is 0. The van der Waals surface area contributed by atoms with Gasteiger partial charge in [0, 0.05) is 45.5 Å². The highest BCUT2D eigenvalue weighted by Gasteiger charge is 2.30. The zero-order valence-electron chi connectivity index (χ0n) is 13.6. The first kappa shape index (κ1) is 16.5. The van der Waals surface area contributed by atoms with Gasteiger partial charge in [0.05, 0.1) is 6.04 Å². The lowest BCUT2D eigenvalue weighted by Gasteiger charge is -2.35. The molecule has 1 N–H and O–H groups in total. The van der Waals surface area contributed by atoms with Crippen LogP contribution in [0.3, 0.4) is 0 Å². The summed E-state index contributed by atoms with van der Waals surface area (Å²) in [6.07, 6.45) is 2.32. The van der Waals surface area contributed by atoms with E-state index < -0.39 is 0 Å². The van der Waals surface area contributed by atoms with Gasteiger partial charge in [-0.05, 0) is 12.3 Å². The van der Waals surface area contributed by atoms with Gasteiger partial charge in [0.25, 0.3) is 5.56 Å². The molecule has 1 aromatic rings. The lowest BCUT2D eigenvalue weighted by molar-refractivity contribution is -0.130. The van der Waals surface area contributed by atoms with Crippen LogP contribution in [0.25, 0.3) is 0 Å². The molecule has 0 radical (unpaired) electrons. The fraction of sp³-hybridized carbons (Fsp3) is 0.667. The quantitative estimate of drug-likeness (QED) is 0.808. The molecule has 0 aromatic carbocycles. The Morgan fingerprint density at radius 1 is 1.27 bits per heavy atom. The lowest BCUT2D eigenvalue weighted by atomic mass is 9.99. The molecule has 7 heteroatoms. The zero-order valence-corrected chi connectivity index (χ0v) is 13.6. The minimum absolute atomic E-state index is 0.0154. The van der Waals surface area contributed by atoms with E-state index in [9.17, 15) is 14.4 Å². The summed E-state index contributed by atoms with van der Waals surface area (Å²) in [7, 11) is 3.10. The summed E-state index contributed by atoms with van der Waals surface area (Å²) in [5, 5.41) is 2.88. The van der Waals surface area contributed by atoms with E-state index in [2.05, 4.69) is 19.2 Å². The number of nitrogens with zero attached hydrogens (tertiary/aromatic N) is 3. The third-order valence-corrected chi connectivity index (χ3v) is 4.03. The molecule has 1 atom stereocenters. The normalized spacial score (nSPS) is 19.5. The van der Waals surface area contributed by atoms with Gasteiger partial charge in [0.15, 0.2) is 0 Å². The van der Waals surface area contributed by atoms with Crippen molar-refractivity contribution in [3.63, 3.8) is 0 Å². The minimum Gasteiger partial charge on any atom is -0.353 e. The summed E-state index contributed by atoms with van der Waals surface area (Å²) in [5.74, 6) is 0.404. The molecule has 0 saturated carbocycles. The third-order valence-electron chi connectivity index (χ3n) is 4.03. The number of carbonyl (C=O) groups excluding carboxylic acids is 1. The molecule has 0 bridgehead atoms. The van der Waals surface area contributed by atoms with E-state index in [4.69, 9.17) is 0 Å². The number of nitrogens with one attached hydrogen (secondary N) is 1. The Labute approximate surface area is 129 Å². The number of aryl methyl sites for hydroxylation is 1. The van der Waals surface area contributed by atoms with Gasteiger partial charge >= 0.3 is 5.69 Å². The van der Waals surface area contributed by atoms with E-state index in [0.29, 0.717) is 31.1 Å². The van der Waals surface area contributed by atoms with Gasteiger partial charge in [0.1, 0.15) is 0 Å². The maximum atomic E-state index is 12.2. The Morgan fingerprint density at radius 3 is 2.59 bits per heavy atom. The molecule has 22 heavy (non-hydrogen) atoms. The summed E-state index contributed by atoms with van der Waals surface area (Å²) in [6, 6.07) is -0.226. The first-order chi connectivity index (χ1) is 10.3. The molecule has 1 amide bonds. The average Bonchev–Trinajstić information content (AvgIpc) is 2.45. The molecule has 0 unspecified atom stereocenters. The maximum Gasteiger partial charge on any atom is 0.330 e. The van der Waals surface area contributed by atoms with Gasteiger partial charge in [-0.25, -0.2) is 4.79 Å². The topological polar surface area (TPSA) is 76.3 Å². The average molecular weight is 308 g/mol. The van der Waals surface area contributed by atoms with Crippen LogP contribution < -0.4 is 16.6 Å². The van der Waals surface area contributed by atoms with Crippen LogP contribution >= 0.6 is 0 Å². The first-order valence-corrected chi connectivity index (χ1v) is 7.58. The second-order valence-electron chi connectivity index (χ2n) is 6.32. The molecule has 2 heterocycles. The molecule has 1 aliphatic heterocycles. The van der Waals surface area contributed by atoms with Crippen LogP contribution in [-0.4, -0.2) is 39.1 Å². The number of hydrogen-bond donors (Lipinski definition) is 1. The molecule has 0 spiro atoms. The molecule has 1 aliphatic rings. The number of rotatable bonds is 4. The predicted octanol–water partition coefficient (Wildman–Crippen LogP) is -0.569. The van der Waals surface area contributed by atoms with E-state index in [1.807, 2.05) is 4.90 Å². The lowest BCUT2D eigenvalue weighted by Crippen LogP contribution is -2.55. The SMILES string of the molecule is CC(C)C[C@H]1C(=O)NCCN1Cc1cn(C)c(=O)n(C)c1=O. The van der Waals surface area contributed by atoms with E-state index in [1.54, 1.807) is 13.2 Å². The maximum absolute atomic E-state index is 12.2. The van der Waals surface area contributed by atoms with Gasteiger partial charge < -0.3 is 9.88 Å². The van der Waals surface area contributed by atoms with Crippen LogP contribution in [0.15, 0.2) is 15.8 Å². The molecule has 122 valence electrons. The Hall–Kier alpha value is -1.89. The van der Waals surface area contributed by atoms with Crippen molar-refractivity contribution >= 4 is 5.91 Å². The molecular weight excluding hydrogens is 284 g/mol. The summed E-state index contributed by atoms with van der Waals surface area (Å²) < 4.78 is 2.51. The van der Waals surface area contributed by atoms with Crippen LogP contribution in [0.5, 0.6) is 0 Å². The summed E-state index contributed by atoms with van der Waals surface area (Å²) in [4.78, 5) is 38.1. The van der Waals surface area contributed by atoms with E-state index in [0.717, 1.165) is 11.0 Å². The van der Waals surface area contributed by atoms with Crippen LogP contribution in [0, 0.1) is 5.92 Å². The van der Waals surface area contributed by atoms with Gasteiger partial charge in [0.2, 0.25) is 5.91 Å². The van der Waals surface area contributed by atoms with E-state index in [1.165, 1.54) is 11.6 Å². The van der Waals surface area contributed by atoms with Gasteiger partial charge in [-0.3, -0.25) is 19.1 Å². The highest BCUT2D eigenvalue weighted by molar-refractivity contribution is 5.82. The van der Waals surface area contributed by atoms with Crippen molar-refractivity contribution in [3.8, 4) is 0 Å². The molecule has 1 fully saturated rings. The fourth-order valence-electron chi connectivity index (χ4n) is 2.86. The zero-order chi connectivity index (χ0) is 16.4. The third kappa shape index (κ3) is 3.30. The molecule has 2 rings (SSSR count). The van der Waals surface area contributed by atoms with E-state index in [-0.39, 0.29) is 23.2 Å². The molecule has 0 aliphatic carbocycles.